The van der Waals surface area contributed by atoms with Crippen molar-refractivity contribution in [3.05, 3.63) is 237 Å². The third kappa shape index (κ3) is 5.93. The molecule has 11 aromatic carbocycles. The highest BCUT2D eigenvalue weighted by Crippen LogP contribution is 2.42. The number of benzene rings is 11. The monoisotopic (exact) mass is 865 g/mol. The van der Waals surface area contributed by atoms with Gasteiger partial charge in [0.2, 0.25) is 0 Å². The van der Waals surface area contributed by atoms with Crippen LogP contribution in [0.15, 0.2) is 237 Å². The van der Waals surface area contributed by atoms with E-state index in [9.17, 15) is 0 Å². The molecule has 0 unspecified atom stereocenters. The van der Waals surface area contributed by atoms with Gasteiger partial charge in [-0.25, -0.2) is 15.0 Å². The maximum absolute atomic E-state index is 5.40. The van der Waals surface area contributed by atoms with Crippen molar-refractivity contribution < 1.29 is 0 Å². The summed E-state index contributed by atoms with van der Waals surface area (Å²) in [7, 11) is 0. The van der Waals surface area contributed by atoms with E-state index in [2.05, 4.69) is 228 Å². The van der Waals surface area contributed by atoms with Crippen molar-refractivity contribution in [1.82, 2.24) is 24.1 Å². The van der Waals surface area contributed by atoms with Gasteiger partial charge in [-0.1, -0.05) is 182 Å². The molecule has 14 aromatic rings. The minimum atomic E-state index is 0.600. The van der Waals surface area contributed by atoms with Gasteiger partial charge in [-0.2, -0.15) is 0 Å². The van der Waals surface area contributed by atoms with Crippen LogP contribution < -0.4 is 0 Å². The van der Waals surface area contributed by atoms with Crippen LogP contribution in [0.4, 0.5) is 0 Å². The molecule has 0 fully saturated rings. The highest BCUT2D eigenvalue weighted by molar-refractivity contribution is 6.26. The predicted molar refractivity (Wildman–Crippen MR) is 283 cm³/mol. The molecule has 0 bridgehead atoms. The van der Waals surface area contributed by atoms with Crippen LogP contribution in [0.1, 0.15) is 0 Å². The van der Waals surface area contributed by atoms with E-state index in [0.29, 0.717) is 17.5 Å². The van der Waals surface area contributed by atoms with E-state index in [1.807, 2.05) is 18.2 Å². The van der Waals surface area contributed by atoms with Gasteiger partial charge in [-0.15, -0.1) is 0 Å². The second kappa shape index (κ2) is 15.2. The first kappa shape index (κ1) is 38.1. The van der Waals surface area contributed by atoms with E-state index in [4.69, 9.17) is 15.0 Å². The van der Waals surface area contributed by atoms with Crippen molar-refractivity contribution in [3.63, 3.8) is 0 Å². The molecule has 0 N–H and O–H groups in total. The molecule has 68 heavy (non-hydrogen) atoms. The minimum Gasteiger partial charge on any atom is -0.309 e. The molecule has 0 amide bonds. The highest BCUT2D eigenvalue weighted by atomic mass is 15.0. The van der Waals surface area contributed by atoms with Crippen LogP contribution in [-0.4, -0.2) is 24.1 Å². The van der Waals surface area contributed by atoms with Crippen LogP contribution in [0.25, 0.3) is 133 Å². The Morgan fingerprint density at radius 2 is 0.676 bits per heavy atom. The lowest BCUT2D eigenvalue weighted by Gasteiger charge is -2.15. The lowest BCUT2D eigenvalue weighted by atomic mass is 9.93. The Hall–Kier alpha value is -9.19. The van der Waals surface area contributed by atoms with Gasteiger partial charge in [-0.05, 0) is 98.0 Å². The zero-order valence-electron chi connectivity index (χ0n) is 36.8. The average molecular weight is 866 g/mol. The van der Waals surface area contributed by atoms with Gasteiger partial charge in [0.05, 0.1) is 27.8 Å². The minimum absolute atomic E-state index is 0.600. The van der Waals surface area contributed by atoms with Crippen LogP contribution in [-0.2, 0) is 0 Å². The number of hydrogen-bond donors (Lipinski definition) is 0. The maximum Gasteiger partial charge on any atom is 0.164 e. The molecule has 0 spiro atoms. The molecule has 14 rings (SSSR count). The first-order chi connectivity index (χ1) is 33.7. The first-order valence-corrected chi connectivity index (χ1v) is 23.1. The van der Waals surface area contributed by atoms with E-state index in [1.165, 1.54) is 64.9 Å². The second-order valence-corrected chi connectivity index (χ2v) is 17.6. The van der Waals surface area contributed by atoms with E-state index >= 15 is 0 Å². The molecule has 0 aliphatic carbocycles. The standard InChI is InChI=1S/C63H39N5/c1-3-18-40(19-4-1)43-36-44(38-45(37-43)67-57-31-16-13-28-53(57)60-58(67)32-17-33-59(60)68-55-29-14-11-26-51(55)52-27-12-15-30-56(52)68)63-65-61(41-20-5-2-6-21-41)64-62(66-63)42-34-35-50-48-24-8-7-22-46(48)47-23-9-10-25-49(47)54(50)39-42/h1-39H. The molecule has 5 heteroatoms. The lowest BCUT2D eigenvalue weighted by Crippen LogP contribution is -2.02. The molecular formula is C63H39N5. The van der Waals surface area contributed by atoms with Crippen LogP contribution in [0.2, 0.25) is 0 Å². The number of aromatic nitrogens is 5. The Morgan fingerprint density at radius 1 is 0.235 bits per heavy atom. The van der Waals surface area contributed by atoms with Crippen molar-refractivity contribution in [2.24, 2.45) is 0 Å². The predicted octanol–water partition coefficient (Wildman–Crippen LogP) is 16.2. The van der Waals surface area contributed by atoms with E-state index in [-0.39, 0.29) is 0 Å². The summed E-state index contributed by atoms with van der Waals surface area (Å²) in [5.41, 5.74) is 11.7. The third-order valence-electron chi connectivity index (χ3n) is 13.7. The summed E-state index contributed by atoms with van der Waals surface area (Å²) in [5, 5.41) is 12.1. The van der Waals surface area contributed by atoms with E-state index < -0.39 is 0 Å². The summed E-state index contributed by atoms with van der Waals surface area (Å²) in [6, 6.07) is 84.6. The summed E-state index contributed by atoms with van der Waals surface area (Å²) in [6.45, 7) is 0. The van der Waals surface area contributed by atoms with Gasteiger partial charge in [0.25, 0.3) is 0 Å². The number of hydrogen-bond acceptors (Lipinski definition) is 3. The fourth-order valence-electron chi connectivity index (χ4n) is 10.7. The number of fused-ring (bicyclic) bond motifs is 12. The Labute approximate surface area is 391 Å². The summed E-state index contributed by atoms with van der Waals surface area (Å²) in [6.07, 6.45) is 0. The molecule has 0 aliphatic rings. The smallest absolute Gasteiger partial charge is 0.164 e. The van der Waals surface area contributed by atoms with Crippen molar-refractivity contribution >= 4 is 75.9 Å². The van der Waals surface area contributed by atoms with Crippen LogP contribution >= 0.6 is 0 Å². The van der Waals surface area contributed by atoms with Gasteiger partial charge >= 0.3 is 0 Å². The fourth-order valence-corrected chi connectivity index (χ4v) is 10.7. The Morgan fingerprint density at radius 3 is 1.29 bits per heavy atom. The van der Waals surface area contributed by atoms with Crippen molar-refractivity contribution in [1.29, 1.82) is 0 Å². The molecule has 0 aliphatic heterocycles. The largest absolute Gasteiger partial charge is 0.309 e. The van der Waals surface area contributed by atoms with Gasteiger partial charge in [0.1, 0.15) is 0 Å². The molecule has 3 heterocycles. The Balaban J connectivity index is 1.02. The summed E-state index contributed by atoms with van der Waals surface area (Å²) >= 11 is 0. The maximum atomic E-state index is 5.40. The van der Waals surface area contributed by atoms with Crippen molar-refractivity contribution in [2.75, 3.05) is 0 Å². The van der Waals surface area contributed by atoms with Gasteiger partial charge in [0.15, 0.2) is 17.5 Å². The lowest BCUT2D eigenvalue weighted by molar-refractivity contribution is 1.07. The van der Waals surface area contributed by atoms with Gasteiger partial charge in [0, 0.05) is 43.9 Å². The fraction of sp³-hybridized carbons (Fsp3) is 0. The summed E-state index contributed by atoms with van der Waals surface area (Å²) < 4.78 is 4.85. The Kier molecular flexibility index (Phi) is 8.52. The molecule has 316 valence electrons. The van der Waals surface area contributed by atoms with E-state index in [0.717, 1.165) is 50.2 Å². The molecule has 0 atom stereocenters. The van der Waals surface area contributed by atoms with Crippen molar-refractivity contribution in [2.45, 2.75) is 0 Å². The normalized spacial score (nSPS) is 11.8. The molecular weight excluding hydrogens is 827 g/mol. The number of para-hydroxylation sites is 3. The Bertz CT molecular complexity index is 4230. The zero-order chi connectivity index (χ0) is 44.7. The van der Waals surface area contributed by atoms with Crippen LogP contribution in [0.3, 0.4) is 0 Å². The molecule has 5 nitrogen and oxygen atoms in total. The molecule has 0 radical (unpaired) electrons. The quantitative estimate of drug-likeness (QED) is 0.156. The van der Waals surface area contributed by atoms with Crippen LogP contribution in [0.5, 0.6) is 0 Å². The highest BCUT2D eigenvalue weighted by Gasteiger charge is 2.22. The number of rotatable bonds is 6. The SMILES string of the molecule is c1ccc(-c2cc(-c3nc(-c4ccccc4)nc(-c4ccc5c6ccccc6c6ccccc6c5c4)n3)cc(-n3c4ccccc4c4c(-n5c6ccccc6c6ccccc65)cccc43)c2)cc1. The third-order valence-corrected chi connectivity index (χ3v) is 13.7. The average Bonchev–Trinajstić information content (AvgIpc) is 3.94. The van der Waals surface area contributed by atoms with Crippen molar-refractivity contribution in [3.8, 4) is 56.7 Å². The first-order valence-electron chi connectivity index (χ1n) is 23.1. The van der Waals surface area contributed by atoms with Gasteiger partial charge < -0.3 is 9.13 Å². The molecule has 3 aromatic heterocycles. The summed E-state index contributed by atoms with van der Waals surface area (Å²) in [5.74, 6) is 1.84. The summed E-state index contributed by atoms with van der Waals surface area (Å²) in [4.78, 5) is 15.9. The zero-order valence-corrected chi connectivity index (χ0v) is 36.8. The van der Waals surface area contributed by atoms with Gasteiger partial charge in [-0.3, -0.25) is 0 Å². The molecule has 0 saturated carbocycles. The molecule has 0 saturated heterocycles. The van der Waals surface area contributed by atoms with Crippen LogP contribution in [0, 0.1) is 0 Å². The topological polar surface area (TPSA) is 48.5 Å². The second-order valence-electron chi connectivity index (χ2n) is 17.6. The van der Waals surface area contributed by atoms with E-state index in [1.54, 1.807) is 0 Å². The number of nitrogens with zero attached hydrogens (tertiary/aromatic N) is 5.